The van der Waals surface area contributed by atoms with E-state index < -0.39 is 0 Å². The van der Waals surface area contributed by atoms with Crippen molar-refractivity contribution in [3.05, 3.63) is 17.7 Å². The predicted molar refractivity (Wildman–Crippen MR) is 73.5 cm³/mol. The van der Waals surface area contributed by atoms with Crippen LogP contribution in [0.3, 0.4) is 0 Å². The normalized spacial score (nSPS) is 12.2. The van der Waals surface area contributed by atoms with Gasteiger partial charge in [0, 0.05) is 20.3 Å². The third kappa shape index (κ3) is 4.02. The molecule has 1 aromatic rings. The second-order valence-corrected chi connectivity index (χ2v) is 5.32. The highest BCUT2D eigenvalue weighted by Gasteiger charge is 2.07. The molecule has 0 amide bonds. The molecule has 1 aromatic heterocycles. The number of nitrogens with one attached hydrogen (secondary N) is 2. The van der Waals surface area contributed by atoms with Crippen LogP contribution in [-0.2, 0) is 12.8 Å². The van der Waals surface area contributed by atoms with E-state index in [2.05, 4.69) is 27.1 Å². The summed E-state index contributed by atoms with van der Waals surface area (Å²) in [4.78, 5) is 4.45. The molecule has 0 aromatic carbocycles. The molecule has 1 rings (SSSR count). The SMILES string of the molecule is CNC(=S)NC(C)SCc1nc(C)cn1C. The first-order valence-electron chi connectivity index (χ1n) is 5.11. The van der Waals surface area contributed by atoms with Crippen LogP contribution >= 0.6 is 24.0 Å². The van der Waals surface area contributed by atoms with Crippen LogP contribution in [0.15, 0.2) is 6.20 Å². The summed E-state index contributed by atoms with van der Waals surface area (Å²) < 4.78 is 2.06. The molecule has 0 aliphatic carbocycles. The monoisotopic (exact) mass is 258 g/mol. The van der Waals surface area contributed by atoms with Crippen molar-refractivity contribution in [1.82, 2.24) is 20.2 Å². The topological polar surface area (TPSA) is 41.9 Å². The summed E-state index contributed by atoms with van der Waals surface area (Å²) in [7, 11) is 3.83. The predicted octanol–water partition coefficient (Wildman–Crippen LogP) is 1.40. The Morgan fingerprint density at radius 1 is 1.69 bits per heavy atom. The van der Waals surface area contributed by atoms with Crippen molar-refractivity contribution in [2.24, 2.45) is 7.05 Å². The Morgan fingerprint density at radius 2 is 2.38 bits per heavy atom. The molecule has 6 heteroatoms. The van der Waals surface area contributed by atoms with Gasteiger partial charge in [-0.25, -0.2) is 4.98 Å². The number of rotatable bonds is 4. The highest BCUT2D eigenvalue weighted by Crippen LogP contribution is 2.15. The Hall–Kier alpha value is -0.750. The first-order chi connectivity index (χ1) is 7.52. The second-order valence-electron chi connectivity index (χ2n) is 3.59. The molecule has 16 heavy (non-hydrogen) atoms. The van der Waals surface area contributed by atoms with E-state index in [1.54, 1.807) is 11.8 Å². The maximum atomic E-state index is 5.04. The Labute approximate surface area is 106 Å². The van der Waals surface area contributed by atoms with Gasteiger partial charge in [-0.15, -0.1) is 11.8 Å². The van der Waals surface area contributed by atoms with Crippen molar-refractivity contribution < 1.29 is 0 Å². The molecule has 0 saturated heterocycles. The number of imidazole rings is 1. The van der Waals surface area contributed by atoms with E-state index in [-0.39, 0.29) is 5.37 Å². The van der Waals surface area contributed by atoms with E-state index in [0.29, 0.717) is 5.11 Å². The van der Waals surface area contributed by atoms with Gasteiger partial charge in [0.05, 0.1) is 16.8 Å². The van der Waals surface area contributed by atoms with Crippen LogP contribution in [0.4, 0.5) is 0 Å². The molecule has 0 saturated carbocycles. The van der Waals surface area contributed by atoms with Gasteiger partial charge in [-0.2, -0.15) is 0 Å². The summed E-state index contributed by atoms with van der Waals surface area (Å²) in [6, 6.07) is 0. The van der Waals surface area contributed by atoms with Gasteiger partial charge < -0.3 is 15.2 Å². The average molecular weight is 258 g/mol. The fourth-order valence-electron chi connectivity index (χ4n) is 1.30. The highest BCUT2D eigenvalue weighted by atomic mass is 32.2. The van der Waals surface area contributed by atoms with Crippen molar-refractivity contribution in [3.8, 4) is 0 Å². The Kier molecular flexibility index (Phi) is 5.08. The Morgan fingerprint density at radius 3 is 2.88 bits per heavy atom. The molecule has 0 bridgehead atoms. The van der Waals surface area contributed by atoms with Gasteiger partial charge in [0.15, 0.2) is 5.11 Å². The maximum Gasteiger partial charge on any atom is 0.166 e. The molecule has 1 atom stereocenters. The van der Waals surface area contributed by atoms with Crippen molar-refractivity contribution in [2.45, 2.75) is 25.0 Å². The summed E-state index contributed by atoms with van der Waals surface area (Å²) in [5, 5.41) is 7.02. The number of nitrogens with zero attached hydrogens (tertiary/aromatic N) is 2. The van der Waals surface area contributed by atoms with Gasteiger partial charge in [0.2, 0.25) is 0 Å². The van der Waals surface area contributed by atoms with E-state index >= 15 is 0 Å². The summed E-state index contributed by atoms with van der Waals surface area (Å²) in [6.07, 6.45) is 2.03. The van der Waals surface area contributed by atoms with Gasteiger partial charge in [0.1, 0.15) is 5.82 Å². The minimum atomic E-state index is 0.275. The fourth-order valence-corrected chi connectivity index (χ4v) is 2.42. The molecule has 1 heterocycles. The number of hydrogen-bond acceptors (Lipinski definition) is 3. The smallest absolute Gasteiger partial charge is 0.166 e. The fraction of sp³-hybridized carbons (Fsp3) is 0.600. The largest absolute Gasteiger partial charge is 0.366 e. The zero-order valence-electron chi connectivity index (χ0n) is 10.1. The number of hydrogen-bond donors (Lipinski definition) is 2. The van der Waals surface area contributed by atoms with Crippen molar-refractivity contribution in [3.63, 3.8) is 0 Å². The van der Waals surface area contributed by atoms with Gasteiger partial charge in [-0.3, -0.25) is 0 Å². The Bertz CT molecular complexity index is 362. The minimum Gasteiger partial charge on any atom is -0.366 e. The first kappa shape index (κ1) is 13.3. The van der Waals surface area contributed by atoms with E-state index in [4.69, 9.17) is 12.2 Å². The van der Waals surface area contributed by atoms with Crippen LogP contribution in [0.5, 0.6) is 0 Å². The lowest BCUT2D eigenvalue weighted by Gasteiger charge is -2.14. The second kappa shape index (κ2) is 6.10. The molecule has 0 aliphatic rings. The Balaban J connectivity index is 2.39. The molecule has 0 aliphatic heterocycles. The van der Waals surface area contributed by atoms with Crippen molar-refractivity contribution in [2.75, 3.05) is 7.05 Å². The van der Waals surface area contributed by atoms with Crippen LogP contribution in [0.25, 0.3) is 0 Å². The number of thioether (sulfide) groups is 1. The maximum absolute atomic E-state index is 5.04. The quantitative estimate of drug-likeness (QED) is 0.631. The van der Waals surface area contributed by atoms with Gasteiger partial charge >= 0.3 is 0 Å². The summed E-state index contributed by atoms with van der Waals surface area (Å²) >= 11 is 6.81. The average Bonchev–Trinajstić information content (AvgIpc) is 2.54. The number of aryl methyl sites for hydroxylation is 2. The molecular weight excluding hydrogens is 240 g/mol. The molecule has 0 radical (unpaired) electrons. The number of aromatic nitrogens is 2. The van der Waals surface area contributed by atoms with Crippen LogP contribution < -0.4 is 10.6 Å². The van der Waals surface area contributed by atoms with Crippen LogP contribution in [0, 0.1) is 6.92 Å². The zero-order chi connectivity index (χ0) is 12.1. The van der Waals surface area contributed by atoms with Crippen molar-refractivity contribution in [1.29, 1.82) is 0 Å². The van der Waals surface area contributed by atoms with Gasteiger partial charge in [0.25, 0.3) is 0 Å². The van der Waals surface area contributed by atoms with Crippen LogP contribution in [-0.4, -0.2) is 27.1 Å². The van der Waals surface area contributed by atoms with Gasteiger partial charge in [-0.05, 0) is 26.1 Å². The van der Waals surface area contributed by atoms with Gasteiger partial charge in [-0.1, -0.05) is 0 Å². The molecular formula is C10H18N4S2. The molecule has 4 nitrogen and oxygen atoms in total. The highest BCUT2D eigenvalue weighted by molar-refractivity contribution is 7.99. The minimum absolute atomic E-state index is 0.275. The molecule has 0 fully saturated rings. The third-order valence-corrected chi connectivity index (χ3v) is 3.48. The summed E-state index contributed by atoms with van der Waals surface area (Å²) in [5.41, 5.74) is 1.06. The van der Waals surface area contributed by atoms with E-state index in [0.717, 1.165) is 17.3 Å². The molecule has 0 spiro atoms. The van der Waals surface area contributed by atoms with E-state index in [9.17, 15) is 0 Å². The molecule has 2 N–H and O–H groups in total. The van der Waals surface area contributed by atoms with Crippen LogP contribution in [0.2, 0.25) is 0 Å². The standard InChI is InChI=1S/C10H18N4S2/c1-7-5-14(4)9(12-7)6-16-8(2)13-10(15)11-3/h5,8H,6H2,1-4H3,(H2,11,13,15). The van der Waals surface area contributed by atoms with E-state index in [1.807, 2.05) is 27.2 Å². The zero-order valence-corrected chi connectivity index (χ0v) is 11.7. The summed E-state index contributed by atoms with van der Waals surface area (Å²) in [6.45, 7) is 4.09. The van der Waals surface area contributed by atoms with Crippen LogP contribution in [0.1, 0.15) is 18.4 Å². The number of thiocarbonyl (C=S) groups is 1. The summed E-state index contributed by atoms with van der Waals surface area (Å²) in [5.74, 6) is 1.97. The first-order valence-corrected chi connectivity index (χ1v) is 6.57. The molecule has 1 unspecified atom stereocenters. The van der Waals surface area contributed by atoms with Crippen molar-refractivity contribution >= 4 is 29.1 Å². The lowest BCUT2D eigenvalue weighted by molar-refractivity contribution is 0.838. The lowest BCUT2D eigenvalue weighted by Crippen LogP contribution is -2.37. The molecule has 90 valence electrons. The lowest BCUT2D eigenvalue weighted by atomic mass is 10.6. The van der Waals surface area contributed by atoms with E-state index in [1.165, 1.54) is 0 Å². The third-order valence-electron chi connectivity index (χ3n) is 2.12.